The van der Waals surface area contributed by atoms with Gasteiger partial charge in [0, 0.05) is 12.7 Å². The predicted molar refractivity (Wildman–Crippen MR) is 43.4 cm³/mol. The topological polar surface area (TPSA) is 38.9 Å². The van der Waals surface area contributed by atoms with Crippen molar-refractivity contribution >= 4 is 0 Å². The molecule has 0 saturated heterocycles. The Hall–Kier alpha value is -0.960. The molecule has 11 heavy (non-hydrogen) atoms. The van der Waals surface area contributed by atoms with Gasteiger partial charge in [0.15, 0.2) is 0 Å². The fourth-order valence-corrected chi connectivity index (χ4v) is 0.560. The van der Waals surface area contributed by atoms with Crippen LogP contribution in [-0.4, -0.2) is 4.98 Å². The van der Waals surface area contributed by atoms with Gasteiger partial charge in [0.1, 0.15) is 5.82 Å². The second-order valence-corrected chi connectivity index (χ2v) is 1.67. The Balaban J connectivity index is 0.000000461. The van der Waals surface area contributed by atoms with Crippen LogP contribution in [0.25, 0.3) is 0 Å². The van der Waals surface area contributed by atoms with Crippen molar-refractivity contribution < 1.29 is 4.39 Å². The average molecular weight is 156 g/mol. The van der Waals surface area contributed by atoms with Gasteiger partial charge in [-0.25, -0.2) is 4.39 Å². The minimum Gasteiger partial charge on any atom is -0.325 e. The molecule has 1 rings (SSSR count). The zero-order valence-corrected chi connectivity index (χ0v) is 6.84. The number of aromatic nitrogens is 1. The van der Waals surface area contributed by atoms with Crippen molar-refractivity contribution in [2.45, 2.75) is 20.4 Å². The van der Waals surface area contributed by atoms with Gasteiger partial charge >= 0.3 is 0 Å². The van der Waals surface area contributed by atoms with Crippen molar-refractivity contribution in [1.29, 1.82) is 0 Å². The maximum Gasteiger partial charge on any atom is 0.126 e. The van der Waals surface area contributed by atoms with Gasteiger partial charge in [-0.05, 0) is 12.1 Å². The zero-order valence-electron chi connectivity index (χ0n) is 6.84. The molecule has 0 bridgehead atoms. The molecule has 0 aromatic carbocycles. The van der Waals surface area contributed by atoms with Crippen molar-refractivity contribution in [3.63, 3.8) is 0 Å². The van der Waals surface area contributed by atoms with E-state index in [2.05, 4.69) is 4.98 Å². The van der Waals surface area contributed by atoms with E-state index in [1.807, 2.05) is 13.8 Å². The number of nitrogens with two attached hydrogens (primary N) is 1. The molecule has 0 saturated carbocycles. The minimum absolute atomic E-state index is 0.287. The van der Waals surface area contributed by atoms with Gasteiger partial charge in [0.05, 0.1) is 5.69 Å². The van der Waals surface area contributed by atoms with E-state index in [4.69, 9.17) is 5.73 Å². The van der Waals surface area contributed by atoms with Gasteiger partial charge < -0.3 is 5.73 Å². The van der Waals surface area contributed by atoms with Crippen LogP contribution in [0.5, 0.6) is 0 Å². The van der Waals surface area contributed by atoms with Crippen LogP contribution in [0, 0.1) is 5.82 Å². The van der Waals surface area contributed by atoms with Crippen molar-refractivity contribution in [2.75, 3.05) is 0 Å². The SMILES string of the molecule is CC.NCc1cc(F)ccn1. The van der Waals surface area contributed by atoms with Crippen molar-refractivity contribution in [2.24, 2.45) is 5.73 Å². The van der Waals surface area contributed by atoms with Crippen LogP contribution in [0.4, 0.5) is 4.39 Å². The second kappa shape index (κ2) is 5.80. The Bertz CT molecular complexity index is 201. The molecule has 1 aromatic rings. The van der Waals surface area contributed by atoms with E-state index in [-0.39, 0.29) is 12.4 Å². The van der Waals surface area contributed by atoms with E-state index in [0.29, 0.717) is 5.69 Å². The Morgan fingerprint density at radius 2 is 2.18 bits per heavy atom. The third-order valence-corrected chi connectivity index (χ3v) is 0.988. The Morgan fingerprint density at radius 3 is 2.55 bits per heavy atom. The lowest BCUT2D eigenvalue weighted by Crippen LogP contribution is -1.98. The van der Waals surface area contributed by atoms with Crippen molar-refractivity contribution in [1.82, 2.24) is 4.98 Å². The highest BCUT2D eigenvalue weighted by Gasteiger charge is 1.90. The first kappa shape index (κ1) is 10.0. The molecule has 0 aliphatic carbocycles. The lowest BCUT2D eigenvalue weighted by Gasteiger charge is -1.92. The van der Waals surface area contributed by atoms with Crippen LogP contribution in [0.15, 0.2) is 18.3 Å². The lowest BCUT2D eigenvalue weighted by molar-refractivity contribution is 0.622. The molecule has 2 N–H and O–H groups in total. The molecule has 0 atom stereocenters. The van der Waals surface area contributed by atoms with Gasteiger partial charge in [-0.1, -0.05) is 13.8 Å². The highest BCUT2D eigenvalue weighted by Crippen LogP contribution is 1.96. The minimum atomic E-state index is -0.287. The smallest absolute Gasteiger partial charge is 0.126 e. The summed E-state index contributed by atoms with van der Waals surface area (Å²) in [5.74, 6) is -0.287. The van der Waals surface area contributed by atoms with E-state index in [0.717, 1.165) is 0 Å². The van der Waals surface area contributed by atoms with Crippen molar-refractivity contribution in [3.8, 4) is 0 Å². The number of rotatable bonds is 1. The Labute approximate surface area is 66.3 Å². The number of hydrogen-bond acceptors (Lipinski definition) is 2. The summed E-state index contributed by atoms with van der Waals surface area (Å²) in [5, 5.41) is 0. The van der Waals surface area contributed by atoms with E-state index in [9.17, 15) is 4.39 Å². The Kier molecular flexibility index (Phi) is 5.29. The third-order valence-electron chi connectivity index (χ3n) is 0.988. The van der Waals surface area contributed by atoms with Crippen LogP contribution in [0.2, 0.25) is 0 Å². The van der Waals surface area contributed by atoms with E-state index >= 15 is 0 Å². The monoisotopic (exact) mass is 156 g/mol. The zero-order chi connectivity index (χ0) is 8.69. The summed E-state index contributed by atoms with van der Waals surface area (Å²) < 4.78 is 12.3. The highest BCUT2D eigenvalue weighted by atomic mass is 19.1. The third kappa shape index (κ3) is 3.68. The summed E-state index contributed by atoms with van der Waals surface area (Å²) in [6.07, 6.45) is 1.40. The molecule has 0 aliphatic heterocycles. The van der Waals surface area contributed by atoms with Crippen LogP contribution in [0.1, 0.15) is 19.5 Å². The lowest BCUT2D eigenvalue weighted by atomic mass is 10.3. The molecule has 0 radical (unpaired) electrons. The molecule has 0 aliphatic rings. The molecule has 1 aromatic heterocycles. The molecule has 0 fully saturated rings. The van der Waals surface area contributed by atoms with Crippen LogP contribution in [-0.2, 0) is 6.54 Å². The molecule has 2 nitrogen and oxygen atoms in total. The first-order valence-electron chi connectivity index (χ1n) is 3.63. The van der Waals surface area contributed by atoms with Gasteiger partial charge in [-0.15, -0.1) is 0 Å². The highest BCUT2D eigenvalue weighted by molar-refractivity contribution is 5.04. The van der Waals surface area contributed by atoms with Crippen LogP contribution < -0.4 is 5.73 Å². The molecule has 0 amide bonds. The molecule has 1 heterocycles. The summed E-state index contributed by atoms with van der Waals surface area (Å²) in [6, 6.07) is 2.61. The van der Waals surface area contributed by atoms with Crippen molar-refractivity contribution in [3.05, 3.63) is 29.8 Å². The largest absolute Gasteiger partial charge is 0.325 e. The van der Waals surface area contributed by atoms with E-state index < -0.39 is 0 Å². The van der Waals surface area contributed by atoms with Crippen LogP contribution >= 0.6 is 0 Å². The van der Waals surface area contributed by atoms with Gasteiger partial charge in [-0.3, -0.25) is 4.98 Å². The summed E-state index contributed by atoms with van der Waals surface area (Å²) >= 11 is 0. The fraction of sp³-hybridized carbons (Fsp3) is 0.375. The van der Waals surface area contributed by atoms with Gasteiger partial charge in [-0.2, -0.15) is 0 Å². The maximum atomic E-state index is 12.3. The molecule has 62 valence electrons. The molecule has 3 heteroatoms. The van der Waals surface area contributed by atoms with Gasteiger partial charge in [0.25, 0.3) is 0 Å². The standard InChI is InChI=1S/C6H7FN2.C2H6/c7-5-1-2-9-6(3-5)4-8;1-2/h1-3H,4,8H2;1-2H3. The summed E-state index contributed by atoms with van der Waals surface area (Å²) in [7, 11) is 0. The normalized spacial score (nSPS) is 8.36. The summed E-state index contributed by atoms with van der Waals surface area (Å²) in [5.41, 5.74) is 5.77. The predicted octanol–water partition coefficient (Wildman–Crippen LogP) is 1.71. The molecule has 0 spiro atoms. The average Bonchev–Trinajstić information content (AvgIpc) is 2.08. The Morgan fingerprint density at radius 1 is 1.55 bits per heavy atom. The number of hydrogen-bond donors (Lipinski definition) is 1. The summed E-state index contributed by atoms with van der Waals surface area (Å²) in [4.78, 5) is 3.79. The number of nitrogens with zero attached hydrogens (tertiary/aromatic N) is 1. The number of halogens is 1. The van der Waals surface area contributed by atoms with E-state index in [1.165, 1.54) is 18.3 Å². The summed E-state index contributed by atoms with van der Waals surface area (Å²) in [6.45, 7) is 4.29. The maximum absolute atomic E-state index is 12.3. The molecular weight excluding hydrogens is 143 g/mol. The number of pyridine rings is 1. The van der Waals surface area contributed by atoms with E-state index in [1.54, 1.807) is 0 Å². The second-order valence-electron chi connectivity index (χ2n) is 1.67. The van der Waals surface area contributed by atoms with Crippen LogP contribution in [0.3, 0.4) is 0 Å². The molecule has 0 unspecified atom stereocenters. The first-order valence-corrected chi connectivity index (χ1v) is 3.63. The first-order chi connectivity index (χ1) is 5.33. The molecular formula is C8H13FN2. The fourth-order valence-electron chi connectivity index (χ4n) is 0.560. The quantitative estimate of drug-likeness (QED) is 0.672. The van der Waals surface area contributed by atoms with Gasteiger partial charge in [0.2, 0.25) is 0 Å².